The molecule has 1 aromatic carbocycles. The van der Waals surface area contributed by atoms with E-state index in [1.165, 1.54) is 11.3 Å². The molecule has 30 heavy (non-hydrogen) atoms. The zero-order valence-corrected chi connectivity index (χ0v) is 17.3. The van der Waals surface area contributed by atoms with Gasteiger partial charge in [-0.2, -0.15) is 0 Å². The van der Waals surface area contributed by atoms with E-state index in [-0.39, 0.29) is 17.9 Å². The molecule has 150 valence electrons. The smallest absolute Gasteiger partial charge is 0.270 e. The van der Waals surface area contributed by atoms with Gasteiger partial charge in [-0.1, -0.05) is 29.8 Å². The normalized spacial score (nSPS) is 18.0. The van der Waals surface area contributed by atoms with E-state index in [2.05, 4.69) is 25.5 Å². The molecule has 3 heterocycles. The Balaban J connectivity index is 1.40. The summed E-state index contributed by atoms with van der Waals surface area (Å²) >= 11 is 8.00. The van der Waals surface area contributed by atoms with Crippen molar-refractivity contribution in [1.82, 2.24) is 30.0 Å². The highest BCUT2D eigenvalue weighted by Gasteiger charge is 2.36. The maximum Gasteiger partial charge on any atom is 0.270 e. The molecule has 0 saturated heterocycles. The molecule has 0 aliphatic heterocycles. The number of halogens is 1. The van der Waals surface area contributed by atoms with Gasteiger partial charge < -0.3 is 5.32 Å². The first-order chi connectivity index (χ1) is 14.7. The fourth-order valence-corrected chi connectivity index (χ4v) is 4.44. The van der Waals surface area contributed by atoms with Crippen molar-refractivity contribution in [2.45, 2.75) is 24.8 Å². The Morgan fingerprint density at radius 1 is 1.07 bits per heavy atom. The highest BCUT2D eigenvalue weighted by atomic mass is 35.5. The Hall–Kier alpha value is -3.10. The minimum absolute atomic E-state index is 0.0733. The van der Waals surface area contributed by atoms with Gasteiger partial charge in [0.25, 0.3) is 5.91 Å². The van der Waals surface area contributed by atoms with E-state index in [1.54, 1.807) is 30.6 Å². The summed E-state index contributed by atoms with van der Waals surface area (Å²) in [6.07, 6.45) is 4.92. The number of nitrogens with zero attached hydrogens (tertiary/aromatic N) is 5. The molecule has 1 saturated carbocycles. The van der Waals surface area contributed by atoms with Crippen molar-refractivity contribution in [2.75, 3.05) is 0 Å². The third kappa shape index (κ3) is 3.48. The first-order valence-electron chi connectivity index (χ1n) is 9.52. The molecule has 9 heteroatoms. The molecule has 0 bridgehead atoms. The van der Waals surface area contributed by atoms with Gasteiger partial charge in [0, 0.05) is 29.7 Å². The first kappa shape index (κ1) is 18.9. The molecular weight excluding hydrogens is 420 g/mol. The zero-order chi connectivity index (χ0) is 20.5. The molecule has 1 amide bonds. The van der Waals surface area contributed by atoms with E-state index in [0.717, 1.165) is 29.4 Å². The molecule has 0 radical (unpaired) electrons. The molecule has 1 fully saturated rings. The van der Waals surface area contributed by atoms with Crippen LogP contribution in [0.25, 0.3) is 16.5 Å². The molecule has 0 unspecified atom stereocenters. The predicted molar refractivity (Wildman–Crippen MR) is 115 cm³/mol. The van der Waals surface area contributed by atoms with Gasteiger partial charge in [0.05, 0.1) is 10.7 Å². The van der Waals surface area contributed by atoms with Crippen LogP contribution in [0.3, 0.4) is 0 Å². The molecule has 1 N–H and O–H groups in total. The number of thiazole rings is 1. The standard InChI is InChI=1S/C21H17ClN6OS/c22-15-5-1-2-7-17(15)28-18(26-27-19(28)21-24-9-10-30-21)13-11-14(12-13)25-20(29)16-6-3-4-8-23-16/h1-10,13-14H,11-12H2,(H,25,29). The number of hydrogen-bond acceptors (Lipinski definition) is 6. The summed E-state index contributed by atoms with van der Waals surface area (Å²) in [6, 6.07) is 13.0. The molecule has 7 nitrogen and oxygen atoms in total. The van der Waals surface area contributed by atoms with Gasteiger partial charge in [-0.25, -0.2) is 4.98 Å². The number of nitrogens with one attached hydrogen (secondary N) is 1. The number of pyridine rings is 1. The SMILES string of the molecule is O=C(NC1CC(c2nnc(-c3nccs3)n2-c2ccccc2Cl)C1)c1ccccn1. The van der Waals surface area contributed by atoms with Crippen LogP contribution >= 0.6 is 22.9 Å². The minimum atomic E-state index is -0.157. The van der Waals surface area contributed by atoms with Crippen LogP contribution in [0, 0.1) is 0 Å². The lowest BCUT2D eigenvalue weighted by Crippen LogP contribution is -2.44. The lowest BCUT2D eigenvalue weighted by Gasteiger charge is -2.35. The van der Waals surface area contributed by atoms with Crippen LogP contribution in [0.2, 0.25) is 5.02 Å². The summed E-state index contributed by atoms with van der Waals surface area (Å²) in [5.41, 5.74) is 1.25. The monoisotopic (exact) mass is 436 g/mol. The summed E-state index contributed by atoms with van der Waals surface area (Å²) in [5.74, 6) is 1.51. The van der Waals surface area contributed by atoms with Crippen LogP contribution in [-0.4, -0.2) is 36.7 Å². The fraction of sp³-hybridized carbons (Fsp3) is 0.190. The van der Waals surface area contributed by atoms with Crippen LogP contribution in [0.15, 0.2) is 60.2 Å². The topological polar surface area (TPSA) is 85.6 Å². The number of aromatic nitrogens is 5. The van der Waals surface area contributed by atoms with E-state index < -0.39 is 0 Å². The van der Waals surface area contributed by atoms with Crippen molar-refractivity contribution in [3.05, 3.63) is 76.8 Å². The van der Waals surface area contributed by atoms with Crippen molar-refractivity contribution in [3.8, 4) is 16.5 Å². The van der Waals surface area contributed by atoms with Crippen LogP contribution in [0.4, 0.5) is 0 Å². The molecule has 3 aromatic heterocycles. The van der Waals surface area contributed by atoms with Crippen molar-refractivity contribution < 1.29 is 4.79 Å². The highest BCUT2D eigenvalue weighted by molar-refractivity contribution is 7.13. The molecule has 0 spiro atoms. The van der Waals surface area contributed by atoms with Crippen LogP contribution in [0.5, 0.6) is 0 Å². The van der Waals surface area contributed by atoms with Crippen molar-refractivity contribution in [3.63, 3.8) is 0 Å². The molecule has 1 aliphatic rings. The van der Waals surface area contributed by atoms with Crippen LogP contribution in [0.1, 0.15) is 35.1 Å². The van der Waals surface area contributed by atoms with Crippen molar-refractivity contribution in [1.29, 1.82) is 0 Å². The summed E-state index contributed by atoms with van der Waals surface area (Å²) in [4.78, 5) is 20.9. The lowest BCUT2D eigenvalue weighted by atomic mass is 9.79. The summed E-state index contributed by atoms with van der Waals surface area (Å²) in [7, 11) is 0. The van der Waals surface area contributed by atoms with Gasteiger partial charge >= 0.3 is 0 Å². The predicted octanol–water partition coefficient (Wildman–Crippen LogP) is 4.12. The van der Waals surface area contributed by atoms with Gasteiger partial charge in [0.2, 0.25) is 0 Å². The summed E-state index contributed by atoms with van der Waals surface area (Å²) in [5, 5.41) is 15.3. The number of rotatable bonds is 5. The Labute approximate surface area is 181 Å². The van der Waals surface area contributed by atoms with E-state index in [9.17, 15) is 4.79 Å². The highest BCUT2D eigenvalue weighted by Crippen LogP contribution is 2.39. The third-order valence-electron chi connectivity index (χ3n) is 5.14. The van der Waals surface area contributed by atoms with Gasteiger partial charge in [-0.3, -0.25) is 14.3 Å². The number of carbonyl (C=O) groups excluding carboxylic acids is 1. The lowest BCUT2D eigenvalue weighted by molar-refractivity contribution is 0.0902. The van der Waals surface area contributed by atoms with E-state index in [0.29, 0.717) is 16.5 Å². The number of amides is 1. The second-order valence-electron chi connectivity index (χ2n) is 7.06. The average molecular weight is 437 g/mol. The second-order valence-corrected chi connectivity index (χ2v) is 8.36. The van der Waals surface area contributed by atoms with Gasteiger partial charge in [0.1, 0.15) is 11.5 Å². The molecular formula is C21H17ClN6OS. The summed E-state index contributed by atoms with van der Waals surface area (Å²) in [6.45, 7) is 0. The third-order valence-corrected chi connectivity index (χ3v) is 6.23. The van der Waals surface area contributed by atoms with Gasteiger partial charge in [-0.15, -0.1) is 21.5 Å². The van der Waals surface area contributed by atoms with E-state index in [4.69, 9.17) is 11.6 Å². The van der Waals surface area contributed by atoms with Crippen molar-refractivity contribution in [2.24, 2.45) is 0 Å². The van der Waals surface area contributed by atoms with E-state index >= 15 is 0 Å². The number of benzene rings is 1. The maximum atomic E-state index is 12.4. The number of hydrogen-bond donors (Lipinski definition) is 1. The Morgan fingerprint density at radius 2 is 1.90 bits per heavy atom. The second kappa shape index (κ2) is 7.97. The fourth-order valence-electron chi connectivity index (χ4n) is 3.61. The van der Waals surface area contributed by atoms with E-state index in [1.807, 2.05) is 34.2 Å². The first-order valence-corrected chi connectivity index (χ1v) is 10.8. The summed E-state index contributed by atoms with van der Waals surface area (Å²) < 4.78 is 1.99. The molecule has 1 aliphatic carbocycles. The van der Waals surface area contributed by atoms with Gasteiger partial charge in [-0.05, 0) is 37.1 Å². The van der Waals surface area contributed by atoms with Crippen molar-refractivity contribution >= 4 is 28.8 Å². The van der Waals surface area contributed by atoms with Gasteiger partial charge in [0.15, 0.2) is 10.8 Å². The van der Waals surface area contributed by atoms with Crippen LogP contribution < -0.4 is 5.32 Å². The average Bonchev–Trinajstić information content (AvgIpc) is 3.41. The quantitative estimate of drug-likeness (QED) is 0.508. The Morgan fingerprint density at radius 3 is 2.63 bits per heavy atom. The zero-order valence-electron chi connectivity index (χ0n) is 15.8. The molecule has 5 rings (SSSR count). The maximum absolute atomic E-state index is 12.4. The minimum Gasteiger partial charge on any atom is -0.348 e. The molecule has 4 aromatic rings. The van der Waals surface area contributed by atoms with Crippen LogP contribution in [-0.2, 0) is 0 Å². The Kier molecular flexibility index (Phi) is 5.02. The molecule has 0 atom stereocenters. The number of carbonyl (C=O) groups is 1. The Bertz CT molecular complexity index is 1170. The number of para-hydroxylation sites is 1. The largest absolute Gasteiger partial charge is 0.348 e.